The molecule has 0 aromatic rings. The van der Waals surface area contributed by atoms with Crippen molar-refractivity contribution in [3.63, 3.8) is 0 Å². The minimum atomic E-state index is -0.882. The molecule has 1 heterocycles. The first-order chi connectivity index (χ1) is 9.19. The number of urea groups is 1. The molecule has 1 aliphatic rings. The average Bonchev–Trinajstić information content (AvgIpc) is 2.31. The minimum absolute atomic E-state index is 0.00789. The molecule has 1 saturated heterocycles. The zero-order valence-electron chi connectivity index (χ0n) is 12.2. The third kappa shape index (κ3) is 5.46. The summed E-state index contributed by atoms with van der Waals surface area (Å²) < 4.78 is 0. The van der Waals surface area contributed by atoms with E-state index in [1.165, 1.54) is 0 Å². The number of nitrogens with one attached hydrogen (secondary N) is 2. The van der Waals surface area contributed by atoms with Gasteiger partial charge in [-0.05, 0) is 26.7 Å². The van der Waals surface area contributed by atoms with Crippen LogP contribution < -0.4 is 10.6 Å². The van der Waals surface area contributed by atoms with Gasteiger partial charge in [-0.1, -0.05) is 0 Å². The van der Waals surface area contributed by atoms with Crippen LogP contribution in [0.25, 0.3) is 0 Å². The molecule has 1 fully saturated rings. The number of nitrogens with zero attached hydrogens (tertiary/aromatic N) is 1. The van der Waals surface area contributed by atoms with Gasteiger partial charge < -0.3 is 20.6 Å². The lowest BCUT2D eigenvalue weighted by Gasteiger charge is -2.32. The van der Waals surface area contributed by atoms with Crippen molar-refractivity contribution in [1.82, 2.24) is 15.5 Å². The Hall–Kier alpha value is -1.79. The first kappa shape index (κ1) is 16.3. The van der Waals surface area contributed by atoms with Crippen LogP contribution in [-0.2, 0) is 9.59 Å². The second-order valence-electron chi connectivity index (χ2n) is 5.89. The third-order valence-corrected chi connectivity index (χ3v) is 3.38. The fourth-order valence-electron chi connectivity index (χ4n) is 2.14. The van der Waals surface area contributed by atoms with Crippen LogP contribution in [0.3, 0.4) is 0 Å². The number of amides is 3. The number of carbonyl (C=O) groups excluding carboxylic acids is 2. The number of likely N-dealkylation sites (N-methyl/N-ethyl adjacent to an activating group) is 1. The SMILES string of the molecule is CN1CC(NC(=O)NC(C)(C)CCC(=O)O)CCC1=O. The molecule has 0 saturated carbocycles. The maximum absolute atomic E-state index is 11.9. The highest BCUT2D eigenvalue weighted by Crippen LogP contribution is 2.12. The zero-order valence-corrected chi connectivity index (χ0v) is 12.2. The number of aliphatic carboxylic acids is 1. The van der Waals surface area contributed by atoms with Gasteiger partial charge in [-0.15, -0.1) is 0 Å². The lowest BCUT2D eigenvalue weighted by molar-refractivity contribution is -0.137. The van der Waals surface area contributed by atoms with Crippen LogP contribution in [0.2, 0.25) is 0 Å². The smallest absolute Gasteiger partial charge is 0.315 e. The van der Waals surface area contributed by atoms with Crippen LogP contribution in [0, 0.1) is 0 Å². The van der Waals surface area contributed by atoms with Crippen LogP contribution in [0.15, 0.2) is 0 Å². The summed E-state index contributed by atoms with van der Waals surface area (Å²) >= 11 is 0. The van der Waals surface area contributed by atoms with Crippen molar-refractivity contribution in [1.29, 1.82) is 0 Å². The summed E-state index contributed by atoms with van der Waals surface area (Å²) in [7, 11) is 1.71. The van der Waals surface area contributed by atoms with Gasteiger partial charge in [0.25, 0.3) is 0 Å². The van der Waals surface area contributed by atoms with Crippen molar-refractivity contribution in [2.75, 3.05) is 13.6 Å². The topological polar surface area (TPSA) is 98.7 Å². The summed E-state index contributed by atoms with van der Waals surface area (Å²) in [4.78, 5) is 35.4. The number of carboxylic acid groups (broad SMARTS) is 1. The number of piperidine rings is 1. The highest BCUT2D eigenvalue weighted by atomic mass is 16.4. The van der Waals surface area contributed by atoms with Gasteiger partial charge in [-0.3, -0.25) is 9.59 Å². The van der Waals surface area contributed by atoms with E-state index in [2.05, 4.69) is 10.6 Å². The Labute approximate surface area is 118 Å². The second kappa shape index (κ2) is 6.58. The minimum Gasteiger partial charge on any atom is -0.481 e. The largest absolute Gasteiger partial charge is 0.481 e. The molecule has 7 nitrogen and oxygen atoms in total. The molecule has 3 N–H and O–H groups in total. The molecule has 0 aliphatic carbocycles. The molecule has 1 unspecified atom stereocenters. The lowest BCUT2D eigenvalue weighted by atomic mass is 9.98. The molecule has 1 atom stereocenters. The van der Waals surface area contributed by atoms with E-state index < -0.39 is 11.5 Å². The summed E-state index contributed by atoms with van der Waals surface area (Å²) in [6.45, 7) is 4.07. The monoisotopic (exact) mass is 285 g/mol. The summed E-state index contributed by atoms with van der Waals surface area (Å²) in [5.41, 5.74) is -0.584. The lowest BCUT2D eigenvalue weighted by Crippen LogP contribution is -2.55. The van der Waals surface area contributed by atoms with E-state index >= 15 is 0 Å². The van der Waals surface area contributed by atoms with Crippen LogP contribution in [0.5, 0.6) is 0 Å². The Morgan fingerprint density at radius 3 is 2.65 bits per heavy atom. The van der Waals surface area contributed by atoms with E-state index in [0.29, 0.717) is 25.8 Å². The standard InChI is InChI=1S/C13H23N3O4/c1-13(2,7-6-11(18)19)15-12(20)14-9-4-5-10(17)16(3)8-9/h9H,4-8H2,1-3H3,(H,18,19)(H2,14,15,20). The highest BCUT2D eigenvalue weighted by molar-refractivity contribution is 5.78. The molecule has 1 rings (SSSR count). The molecule has 0 spiro atoms. The summed E-state index contributed by atoms with van der Waals surface area (Å²) in [6.07, 6.45) is 1.43. The van der Waals surface area contributed by atoms with E-state index in [9.17, 15) is 14.4 Å². The van der Waals surface area contributed by atoms with Gasteiger partial charge in [-0.25, -0.2) is 4.79 Å². The molecule has 0 bridgehead atoms. The van der Waals surface area contributed by atoms with Gasteiger partial charge in [0.05, 0.1) is 0 Å². The molecular weight excluding hydrogens is 262 g/mol. The van der Waals surface area contributed by atoms with E-state index in [4.69, 9.17) is 5.11 Å². The fourth-order valence-corrected chi connectivity index (χ4v) is 2.14. The number of hydrogen-bond donors (Lipinski definition) is 3. The Morgan fingerprint density at radius 2 is 2.10 bits per heavy atom. The van der Waals surface area contributed by atoms with E-state index in [0.717, 1.165) is 0 Å². The van der Waals surface area contributed by atoms with Crippen LogP contribution >= 0.6 is 0 Å². The Bertz CT molecular complexity index is 395. The number of rotatable bonds is 5. The molecular formula is C13H23N3O4. The highest BCUT2D eigenvalue weighted by Gasteiger charge is 2.26. The van der Waals surface area contributed by atoms with E-state index in [1.807, 2.05) is 0 Å². The number of carboxylic acids is 1. The Kier molecular flexibility index (Phi) is 5.35. The number of carbonyl (C=O) groups is 3. The van der Waals surface area contributed by atoms with Gasteiger partial charge in [-0.2, -0.15) is 0 Å². The molecule has 1 aliphatic heterocycles. The quantitative estimate of drug-likeness (QED) is 0.687. The first-order valence-electron chi connectivity index (χ1n) is 6.74. The van der Waals surface area contributed by atoms with Crippen molar-refractivity contribution in [3.05, 3.63) is 0 Å². The third-order valence-electron chi connectivity index (χ3n) is 3.38. The maximum Gasteiger partial charge on any atom is 0.315 e. The van der Waals surface area contributed by atoms with Gasteiger partial charge in [0.1, 0.15) is 0 Å². The zero-order chi connectivity index (χ0) is 15.3. The average molecular weight is 285 g/mol. The van der Waals surface area contributed by atoms with Crippen molar-refractivity contribution >= 4 is 17.9 Å². The molecule has 7 heteroatoms. The Balaban J connectivity index is 2.39. The van der Waals surface area contributed by atoms with Crippen LogP contribution in [-0.4, -0.2) is 53.1 Å². The van der Waals surface area contributed by atoms with Crippen molar-refractivity contribution in [2.45, 2.75) is 51.1 Å². The van der Waals surface area contributed by atoms with Crippen molar-refractivity contribution in [3.8, 4) is 0 Å². The fraction of sp³-hybridized carbons (Fsp3) is 0.769. The number of likely N-dealkylation sites (tertiary alicyclic amines) is 1. The van der Waals surface area contributed by atoms with Gasteiger partial charge in [0.2, 0.25) is 5.91 Å². The predicted molar refractivity (Wildman–Crippen MR) is 73.3 cm³/mol. The van der Waals surface area contributed by atoms with Crippen molar-refractivity contribution in [2.24, 2.45) is 0 Å². The molecule has 20 heavy (non-hydrogen) atoms. The van der Waals surface area contributed by atoms with Gasteiger partial charge in [0.15, 0.2) is 0 Å². The maximum atomic E-state index is 11.9. The first-order valence-corrected chi connectivity index (χ1v) is 6.74. The van der Waals surface area contributed by atoms with Crippen LogP contribution in [0.4, 0.5) is 4.79 Å². The van der Waals surface area contributed by atoms with Crippen molar-refractivity contribution < 1.29 is 19.5 Å². The normalized spacial score (nSPS) is 19.6. The van der Waals surface area contributed by atoms with E-state index in [1.54, 1.807) is 25.8 Å². The molecule has 0 aromatic carbocycles. The predicted octanol–water partition coefficient (Wildman–Crippen LogP) is 0.550. The Morgan fingerprint density at radius 1 is 1.45 bits per heavy atom. The van der Waals surface area contributed by atoms with Gasteiger partial charge >= 0.3 is 12.0 Å². The summed E-state index contributed by atoms with van der Waals surface area (Å²) in [5.74, 6) is -0.794. The van der Waals surface area contributed by atoms with Gasteiger partial charge in [0, 0.05) is 38.0 Å². The summed E-state index contributed by atoms with van der Waals surface area (Å²) in [6, 6.07) is -0.388. The molecule has 3 amide bonds. The van der Waals surface area contributed by atoms with Crippen LogP contribution in [0.1, 0.15) is 39.5 Å². The second-order valence-corrected chi connectivity index (χ2v) is 5.89. The molecule has 0 radical (unpaired) electrons. The number of hydrogen-bond acceptors (Lipinski definition) is 3. The van der Waals surface area contributed by atoms with E-state index in [-0.39, 0.29) is 24.4 Å². The summed E-state index contributed by atoms with van der Waals surface area (Å²) in [5, 5.41) is 14.3. The molecule has 114 valence electrons. The molecule has 0 aromatic heterocycles.